The van der Waals surface area contributed by atoms with E-state index >= 15 is 0 Å². The van der Waals surface area contributed by atoms with Crippen LogP contribution in [0.4, 0.5) is 11.4 Å². The molecule has 1 aromatic heterocycles. The number of hydrogen-bond donors (Lipinski definition) is 1. The molecule has 26 heavy (non-hydrogen) atoms. The van der Waals surface area contributed by atoms with Crippen LogP contribution in [0.1, 0.15) is 19.4 Å². The van der Waals surface area contributed by atoms with Crippen LogP contribution < -0.4 is 15.1 Å². The van der Waals surface area contributed by atoms with Gasteiger partial charge < -0.3 is 9.64 Å². The number of hydrogen-bond acceptors (Lipinski definition) is 5. The highest BCUT2D eigenvalue weighted by atomic mass is 16.5. The fourth-order valence-electron chi connectivity index (χ4n) is 2.89. The molecular weight excluding hydrogens is 324 g/mol. The Bertz CT molecular complexity index is 886. The minimum atomic E-state index is 0.796. The van der Waals surface area contributed by atoms with Gasteiger partial charge in [0.05, 0.1) is 24.5 Å². The van der Waals surface area contributed by atoms with Crippen LogP contribution in [0.5, 0.6) is 5.75 Å². The standard InChI is InChI=1S/C21H24N4O/c1-4-25(5-2)17-8-6-16(7-9-17)15-23-24-21-12-13-22-20-11-10-18(26-3)14-19(20)21/h6-15H,4-5H2,1-3H3,(H,22,24)/b23-15+. The first-order valence-electron chi connectivity index (χ1n) is 8.82. The van der Waals surface area contributed by atoms with Gasteiger partial charge in [-0.05, 0) is 55.8 Å². The summed E-state index contributed by atoms with van der Waals surface area (Å²) in [6, 6.07) is 16.1. The summed E-state index contributed by atoms with van der Waals surface area (Å²) in [6.07, 6.45) is 3.59. The van der Waals surface area contributed by atoms with E-state index in [0.29, 0.717) is 0 Å². The predicted octanol–water partition coefficient (Wildman–Crippen LogP) is 4.54. The number of fused-ring (bicyclic) bond motifs is 1. The van der Waals surface area contributed by atoms with Crippen molar-refractivity contribution in [2.24, 2.45) is 5.10 Å². The molecule has 0 saturated carbocycles. The molecule has 1 N–H and O–H groups in total. The van der Waals surface area contributed by atoms with Crippen molar-refractivity contribution in [3.05, 3.63) is 60.3 Å². The highest BCUT2D eigenvalue weighted by molar-refractivity contribution is 5.92. The summed E-state index contributed by atoms with van der Waals surface area (Å²) in [5.41, 5.74) is 7.18. The van der Waals surface area contributed by atoms with Crippen LogP contribution in [0, 0.1) is 0 Å². The van der Waals surface area contributed by atoms with Crippen molar-refractivity contribution >= 4 is 28.5 Å². The third-order valence-corrected chi connectivity index (χ3v) is 4.37. The molecule has 0 aliphatic rings. The maximum atomic E-state index is 5.30. The number of rotatable bonds is 7. The summed E-state index contributed by atoms with van der Waals surface area (Å²) < 4.78 is 5.30. The largest absolute Gasteiger partial charge is 0.497 e. The number of pyridine rings is 1. The Morgan fingerprint density at radius 1 is 1.08 bits per heavy atom. The van der Waals surface area contributed by atoms with Crippen LogP contribution >= 0.6 is 0 Å². The van der Waals surface area contributed by atoms with Gasteiger partial charge in [0.1, 0.15) is 5.75 Å². The number of nitrogens with one attached hydrogen (secondary N) is 1. The second-order valence-electron chi connectivity index (χ2n) is 5.88. The fraction of sp³-hybridized carbons (Fsp3) is 0.238. The van der Waals surface area contributed by atoms with Gasteiger partial charge in [-0.2, -0.15) is 5.10 Å². The topological polar surface area (TPSA) is 49.8 Å². The van der Waals surface area contributed by atoms with Gasteiger partial charge in [-0.1, -0.05) is 12.1 Å². The Kier molecular flexibility index (Phi) is 5.69. The lowest BCUT2D eigenvalue weighted by Gasteiger charge is -2.20. The molecule has 0 radical (unpaired) electrons. The van der Waals surface area contributed by atoms with Gasteiger partial charge in [0.2, 0.25) is 0 Å². The number of methoxy groups -OCH3 is 1. The number of ether oxygens (including phenoxy) is 1. The second kappa shape index (κ2) is 8.34. The molecule has 0 bridgehead atoms. The highest BCUT2D eigenvalue weighted by Crippen LogP contribution is 2.25. The number of benzene rings is 2. The van der Waals surface area contributed by atoms with E-state index in [1.54, 1.807) is 13.3 Å². The van der Waals surface area contributed by atoms with Crippen LogP contribution in [-0.4, -0.2) is 31.4 Å². The number of nitrogens with zero attached hydrogens (tertiary/aromatic N) is 3. The summed E-state index contributed by atoms with van der Waals surface area (Å²) >= 11 is 0. The molecule has 0 aliphatic carbocycles. The second-order valence-corrected chi connectivity index (χ2v) is 5.88. The number of hydrazone groups is 1. The molecular formula is C21H24N4O. The molecule has 3 rings (SSSR count). The fourth-order valence-corrected chi connectivity index (χ4v) is 2.89. The maximum Gasteiger partial charge on any atom is 0.119 e. The van der Waals surface area contributed by atoms with Crippen molar-refractivity contribution in [2.45, 2.75) is 13.8 Å². The van der Waals surface area contributed by atoms with Crippen molar-refractivity contribution in [1.82, 2.24) is 4.98 Å². The lowest BCUT2D eigenvalue weighted by atomic mass is 10.2. The first-order chi connectivity index (χ1) is 12.7. The molecule has 0 saturated heterocycles. The van der Waals surface area contributed by atoms with Crippen molar-refractivity contribution in [2.75, 3.05) is 30.5 Å². The summed E-state index contributed by atoms with van der Waals surface area (Å²) in [7, 11) is 1.66. The van der Waals surface area contributed by atoms with Gasteiger partial charge in [-0.25, -0.2) is 0 Å². The number of anilines is 2. The van der Waals surface area contributed by atoms with E-state index in [4.69, 9.17) is 4.74 Å². The quantitative estimate of drug-likeness (QED) is 0.503. The summed E-state index contributed by atoms with van der Waals surface area (Å²) in [4.78, 5) is 6.69. The van der Waals surface area contributed by atoms with Crippen molar-refractivity contribution in [3.63, 3.8) is 0 Å². The maximum absolute atomic E-state index is 5.30. The Morgan fingerprint density at radius 2 is 1.85 bits per heavy atom. The predicted molar refractivity (Wildman–Crippen MR) is 110 cm³/mol. The lowest BCUT2D eigenvalue weighted by Crippen LogP contribution is -2.21. The van der Waals surface area contributed by atoms with E-state index in [9.17, 15) is 0 Å². The zero-order chi connectivity index (χ0) is 18.4. The Hall–Kier alpha value is -3.08. The Labute approximate surface area is 154 Å². The Morgan fingerprint density at radius 3 is 2.54 bits per heavy atom. The van der Waals surface area contributed by atoms with Crippen molar-refractivity contribution < 1.29 is 4.74 Å². The average molecular weight is 348 g/mol. The van der Waals surface area contributed by atoms with E-state index < -0.39 is 0 Å². The van der Waals surface area contributed by atoms with Crippen LogP contribution in [0.15, 0.2) is 59.8 Å². The molecule has 5 heteroatoms. The average Bonchev–Trinajstić information content (AvgIpc) is 2.70. The van der Waals surface area contributed by atoms with Crippen molar-refractivity contribution in [3.8, 4) is 5.75 Å². The number of aromatic nitrogens is 1. The molecule has 5 nitrogen and oxygen atoms in total. The van der Waals surface area contributed by atoms with E-state index in [2.05, 4.69) is 58.5 Å². The van der Waals surface area contributed by atoms with Gasteiger partial charge in [-0.15, -0.1) is 0 Å². The third-order valence-electron chi connectivity index (χ3n) is 4.37. The van der Waals surface area contributed by atoms with E-state index in [0.717, 1.165) is 41.0 Å². The minimum absolute atomic E-state index is 0.796. The molecule has 0 unspecified atom stereocenters. The van der Waals surface area contributed by atoms with Crippen molar-refractivity contribution in [1.29, 1.82) is 0 Å². The van der Waals surface area contributed by atoms with Crippen LogP contribution in [0.3, 0.4) is 0 Å². The molecule has 0 atom stereocenters. The first-order valence-corrected chi connectivity index (χ1v) is 8.82. The van der Waals surface area contributed by atoms with E-state index in [1.165, 1.54) is 5.69 Å². The SMILES string of the molecule is CCN(CC)c1ccc(/C=N/Nc2ccnc3ccc(OC)cc23)cc1. The van der Waals surface area contributed by atoms with E-state index in [1.807, 2.05) is 30.5 Å². The molecule has 134 valence electrons. The molecule has 0 spiro atoms. The van der Waals surface area contributed by atoms with Gasteiger partial charge in [0.25, 0.3) is 0 Å². The highest BCUT2D eigenvalue weighted by Gasteiger charge is 2.03. The molecule has 0 aliphatic heterocycles. The normalized spacial score (nSPS) is 11.0. The molecule has 2 aromatic carbocycles. The lowest BCUT2D eigenvalue weighted by molar-refractivity contribution is 0.415. The first kappa shape index (κ1) is 17.7. The van der Waals surface area contributed by atoms with E-state index in [-0.39, 0.29) is 0 Å². The molecule has 0 fully saturated rings. The van der Waals surface area contributed by atoms with Crippen LogP contribution in [0.25, 0.3) is 10.9 Å². The monoisotopic (exact) mass is 348 g/mol. The summed E-state index contributed by atoms with van der Waals surface area (Å²) in [5.74, 6) is 0.796. The Balaban J connectivity index is 1.75. The molecule has 1 heterocycles. The summed E-state index contributed by atoms with van der Waals surface area (Å²) in [5, 5.41) is 5.35. The van der Waals surface area contributed by atoms with Gasteiger partial charge in [-0.3, -0.25) is 10.4 Å². The van der Waals surface area contributed by atoms with Crippen LogP contribution in [0.2, 0.25) is 0 Å². The van der Waals surface area contributed by atoms with Gasteiger partial charge in [0.15, 0.2) is 0 Å². The minimum Gasteiger partial charge on any atom is -0.497 e. The summed E-state index contributed by atoms with van der Waals surface area (Å²) in [6.45, 7) is 6.34. The molecule has 0 amide bonds. The zero-order valence-electron chi connectivity index (χ0n) is 15.4. The van der Waals surface area contributed by atoms with Crippen LogP contribution in [-0.2, 0) is 0 Å². The van der Waals surface area contributed by atoms with Gasteiger partial charge in [0, 0.05) is 30.4 Å². The smallest absolute Gasteiger partial charge is 0.119 e. The van der Waals surface area contributed by atoms with Gasteiger partial charge >= 0.3 is 0 Å². The third kappa shape index (κ3) is 3.94. The zero-order valence-corrected chi connectivity index (χ0v) is 15.4. The molecule has 3 aromatic rings.